The highest BCUT2D eigenvalue weighted by Crippen LogP contribution is 2.32. The molecule has 1 amide bonds. The van der Waals surface area contributed by atoms with Gasteiger partial charge in [-0.05, 0) is 36.1 Å². The lowest BCUT2D eigenvalue weighted by atomic mass is 10.1. The van der Waals surface area contributed by atoms with Crippen molar-refractivity contribution in [1.82, 2.24) is 5.32 Å². The summed E-state index contributed by atoms with van der Waals surface area (Å²) < 4.78 is 4.95. The molecule has 1 aliphatic heterocycles. The van der Waals surface area contributed by atoms with Gasteiger partial charge in [-0.2, -0.15) is 5.26 Å². The van der Waals surface area contributed by atoms with Gasteiger partial charge in [-0.25, -0.2) is 0 Å². The van der Waals surface area contributed by atoms with Crippen LogP contribution in [0.5, 0.6) is 0 Å². The third-order valence-electron chi connectivity index (χ3n) is 3.29. The van der Waals surface area contributed by atoms with E-state index in [4.69, 9.17) is 10.00 Å². The summed E-state index contributed by atoms with van der Waals surface area (Å²) in [5, 5.41) is 11.8. The molecule has 0 saturated carbocycles. The first kappa shape index (κ1) is 10.3. The number of nitrogens with zero attached hydrogens (tertiary/aromatic N) is 1. The number of carbonyl (C=O) groups excluding carboxylic acids is 1. The van der Waals surface area contributed by atoms with E-state index in [1.54, 1.807) is 6.07 Å². The second-order valence-corrected chi connectivity index (χ2v) is 4.45. The quantitative estimate of drug-likeness (QED) is 0.770. The minimum Gasteiger partial charge on any atom is -0.363 e. The molecule has 1 saturated heterocycles. The van der Waals surface area contributed by atoms with Gasteiger partial charge < -0.3 is 10.1 Å². The maximum Gasteiger partial charge on any atom is 0.252 e. The number of ether oxygens (including phenoxy) is 1. The monoisotopic (exact) mass is 228 g/mol. The Morgan fingerprint density at radius 2 is 2.35 bits per heavy atom. The standard InChI is InChI=1S/C13H12N2O2/c14-6-8-1-3-10-9(5-8)2-4-11(10)15-13(16)12-7-17-12/h1,3,5,11-12H,2,4,7H2,(H,15,16). The highest BCUT2D eigenvalue weighted by molar-refractivity contribution is 5.83. The largest absolute Gasteiger partial charge is 0.363 e. The Balaban J connectivity index is 1.79. The van der Waals surface area contributed by atoms with Crippen LogP contribution in [-0.4, -0.2) is 18.6 Å². The molecule has 1 aliphatic carbocycles. The summed E-state index contributed by atoms with van der Waals surface area (Å²) in [6, 6.07) is 7.87. The lowest BCUT2D eigenvalue weighted by Gasteiger charge is -2.13. The van der Waals surface area contributed by atoms with E-state index in [1.807, 2.05) is 12.1 Å². The van der Waals surface area contributed by atoms with E-state index in [9.17, 15) is 4.79 Å². The Kier molecular flexibility index (Phi) is 2.34. The number of aryl methyl sites for hydroxylation is 1. The molecule has 0 aromatic heterocycles. The molecular formula is C13H12N2O2. The highest BCUT2D eigenvalue weighted by atomic mass is 16.6. The summed E-state index contributed by atoms with van der Waals surface area (Å²) in [4.78, 5) is 11.6. The number of rotatable bonds is 2. The van der Waals surface area contributed by atoms with Gasteiger partial charge in [0, 0.05) is 0 Å². The minimum atomic E-state index is -0.238. The van der Waals surface area contributed by atoms with Gasteiger partial charge in [0.15, 0.2) is 6.10 Å². The molecule has 4 nitrogen and oxygen atoms in total. The molecule has 0 spiro atoms. The third kappa shape index (κ3) is 1.90. The van der Waals surface area contributed by atoms with Crippen LogP contribution in [0.1, 0.15) is 29.2 Å². The Hall–Kier alpha value is -1.86. The van der Waals surface area contributed by atoms with Crippen LogP contribution in [0, 0.1) is 11.3 Å². The van der Waals surface area contributed by atoms with Crippen LogP contribution < -0.4 is 5.32 Å². The molecule has 2 unspecified atom stereocenters. The van der Waals surface area contributed by atoms with E-state index < -0.39 is 0 Å². The fraction of sp³-hybridized carbons (Fsp3) is 0.385. The fourth-order valence-corrected chi connectivity index (χ4v) is 2.30. The SMILES string of the molecule is N#Cc1ccc2c(c1)CCC2NC(=O)C1CO1. The first-order valence-electron chi connectivity index (χ1n) is 5.73. The van der Waals surface area contributed by atoms with E-state index in [0.717, 1.165) is 18.4 Å². The van der Waals surface area contributed by atoms with Gasteiger partial charge in [-0.3, -0.25) is 4.79 Å². The molecule has 4 heteroatoms. The Bertz CT molecular complexity index is 515. The number of epoxide rings is 1. The van der Waals surface area contributed by atoms with Crippen molar-refractivity contribution in [3.8, 4) is 6.07 Å². The van der Waals surface area contributed by atoms with Gasteiger partial charge in [-0.15, -0.1) is 0 Å². The predicted molar refractivity (Wildman–Crippen MR) is 60.1 cm³/mol. The number of carbonyl (C=O) groups is 1. The van der Waals surface area contributed by atoms with Crippen LogP contribution >= 0.6 is 0 Å². The summed E-state index contributed by atoms with van der Waals surface area (Å²) in [5.74, 6) is -0.0211. The fourth-order valence-electron chi connectivity index (χ4n) is 2.30. The summed E-state index contributed by atoms with van der Waals surface area (Å²) in [6.07, 6.45) is 1.58. The second-order valence-electron chi connectivity index (χ2n) is 4.45. The van der Waals surface area contributed by atoms with Crippen molar-refractivity contribution in [2.75, 3.05) is 6.61 Å². The highest BCUT2D eigenvalue weighted by Gasteiger charge is 2.34. The van der Waals surface area contributed by atoms with Gasteiger partial charge >= 0.3 is 0 Å². The molecule has 0 bridgehead atoms. The first-order valence-corrected chi connectivity index (χ1v) is 5.73. The van der Waals surface area contributed by atoms with Gasteiger partial charge in [0.25, 0.3) is 5.91 Å². The number of benzene rings is 1. The molecule has 0 radical (unpaired) electrons. The number of nitrogens with one attached hydrogen (secondary N) is 1. The normalized spacial score (nSPS) is 24.9. The molecule has 1 aromatic rings. The van der Waals surface area contributed by atoms with Crippen molar-refractivity contribution in [2.24, 2.45) is 0 Å². The zero-order valence-corrected chi connectivity index (χ0v) is 9.27. The average molecular weight is 228 g/mol. The summed E-state index contributed by atoms with van der Waals surface area (Å²) in [5.41, 5.74) is 2.99. The molecule has 17 heavy (non-hydrogen) atoms. The van der Waals surface area contributed by atoms with Crippen LogP contribution in [0.4, 0.5) is 0 Å². The van der Waals surface area contributed by atoms with E-state index >= 15 is 0 Å². The number of fused-ring (bicyclic) bond motifs is 1. The molecule has 1 heterocycles. The summed E-state index contributed by atoms with van der Waals surface area (Å²) >= 11 is 0. The zero-order valence-electron chi connectivity index (χ0n) is 9.27. The van der Waals surface area contributed by atoms with Gasteiger partial charge in [-0.1, -0.05) is 6.07 Å². The zero-order chi connectivity index (χ0) is 11.8. The maximum absolute atomic E-state index is 11.6. The van der Waals surface area contributed by atoms with Crippen LogP contribution in [0.2, 0.25) is 0 Å². The van der Waals surface area contributed by atoms with Crippen molar-refractivity contribution in [2.45, 2.75) is 25.0 Å². The summed E-state index contributed by atoms with van der Waals surface area (Å²) in [6.45, 7) is 0.540. The van der Waals surface area contributed by atoms with Crippen LogP contribution in [0.3, 0.4) is 0 Å². The average Bonchev–Trinajstić information content (AvgIpc) is 3.13. The predicted octanol–water partition coefficient (Wildman–Crippen LogP) is 1.06. The van der Waals surface area contributed by atoms with Crippen LogP contribution in [-0.2, 0) is 16.0 Å². The molecule has 1 fully saturated rings. The van der Waals surface area contributed by atoms with Crippen molar-refractivity contribution in [1.29, 1.82) is 5.26 Å². The first-order chi connectivity index (χ1) is 8.28. The number of hydrogen-bond donors (Lipinski definition) is 1. The number of nitriles is 1. The van der Waals surface area contributed by atoms with Gasteiger partial charge in [0.1, 0.15) is 0 Å². The third-order valence-corrected chi connectivity index (χ3v) is 3.29. The molecule has 2 aliphatic rings. The topological polar surface area (TPSA) is 65.4 Å². The number of hydrogen-bond acceptors (Lipinski definition) is 3. The smallest absolute Gasteiger partial charge is 0.252 e. The summed E-state index contributed by atoms with van der Waals surface area (Å²) in [7, 11) is 0. The Morgan fingerprint density at radius 3 is 3.06 bits per heavy atom. The van der Waals surface area contributed by atoms with Crippen molar-refractivity contribution in [3.63, 3.8) is 0 Å². The molecule has 1 aromatic carbocycles. The van der Waals surface area contributed by atoms with Gasteiger partial charge in [0.05, 0.1) is 24.3 Å². The van der Waals surface area contributed by atoms with E-state index in [1.165, 1.54) is 5.56 Å². The molecule has 86 valence electrons. The number of amides is 1. The van der Waals surface area contributed by atoms with E-state index in [-0.39, 0.29) is 18.1 Å². The maximum atomic E-state index is 11.6. The second kappa shape index (κ2) is 3.86. The molecular weight excluding hydrogens is 216 g/mol. The minimum absolute atomic E-state index is 0.0211. The lowest BCUT2D eigenvalue weighted by Crippen LogP contribution is -2.30. The van der Waals surface area contributed by atoms with Gasteiger partial charge in [0.2, 0.25) is 0 Å². The molecule has 3 rings (SSSR count). The Morgan fingerprint density at radius 1 is 1.53 bits per heavy atom. The molecule has 2 atom stereocenters. The lowest BCUT2D eigenvalue weighted by molar-refractivity contribution is -0.123. The van der Waals surface area contributed by atoms with E-state index in [0.29, 0.717) is 12.2 Å². The van der Waals surface area contributed by atoms with Crippen molar-refractivity contribution in [3.05, 3.63) is 34.9 Å². The Labute approximate surface area is 99.2 Å². The molecule has 1 N–H and O–H groups in total. The van der Waals surface area contributed by atoms with Crippen LogP contribution in [0.25, 0.3) is 0 Å². The van der Waals surface area contributed by atoms with Crippen molar-refractivity contribution < 1.29 is 9.53 Å². The van der Waals surface area contributed by atoms with E-state index in [2.05, 4.69) is 11.4 Å². The van der Waals surface area contributed by atoms with Crippen molar-refractivity contribution >= 4 is 5.91 Å². The van der Waals surface area contributed by atoms with Crippen LogP contribution in [0.15, 0.2) is 18.2 Å².